The van der Waals surface area contributed by atoms with Crippen LogP contribution >= 0.6 is 0 Å². The molecule has 3 rings (SSSR count). The lowest BCUT2D eigenvalue weighted by Gasteiger charge is -2.18. The van der Waals surface area contributed by atoms with E-state index in [0.29, 0.717) is 17.9 Å². The van der Waals surface area contributed by atoms with E-state index in [1.165, 1.54) is 9.96 Å². The van der Waals surface area contributed by atoms with Crippen molar-refractivity contribution in [1.82, 2.24) is 19.2 Å². The summed E-state index contributed by atoms with van der Waals surface area (Å²) in [6, 6.07) is 5.87. The Morgan fingerprint density at radius 2 is 2.11 bits per heavy atom. The Bertz CT molecular complexity index is 1030. The topological polar surface area (TPSA) is 90.5 Å². The van der Waals surface area contributed by atoms with Crippen molar-refractivity contribution >= 4 is 17.4 Å². The number of nitrogens with zero attached hydrogens (tertiary/aromatic N) is 4. The highest BCUT2D eigenvalue weighted by Crippen LogP contribution is 2.17. The lowest BCUT2D eigenvalue weighted by Crippen LogP contribution is -2.34. The quantitative estimate of drug-likeness (QED) is 0.681. The molecule has 0 spiro atoms. The highest BCUT2D eigenvalue weighted by atomic mass is 16.6. The van der Waals surface area contributed by atoms with Crippen molar-refractivity contribution in [3.8, 4) is 0 Å². The summed E-state index contributed by atoms with van der Waals surface area (Å²) >= 11 is 0. The SMILES string of the molecule is Cc1cc(NCCCc2cccnc2)c2nn(C(=O)OC(C)(C)C)c(=O)n2c1. The van der Waals surface area contributed by atoms with Gasteiger partial charge in [-0.2, -0.15) is 0 Å². The molecule has 8 heteroatoms. The number of fused-ring (bicyclic) bond motifs is 1. The molecule has 1 N–H and O–H groups in total. The van der Waals surface area contributed by atoms with Crippen LogP contribution in [-0.4, -0.2) is 37.4 Å². The van der Waals surface area contributed by atoms with Gasteiger partial charge < -0.3 is 10.1 Å². The van der Waals surface area contributed by atoms with Gasteiger partial charge in [-0.1, -0.05) is 6.07 Å². The number of anilines is 1. The predicted octanol–water partition coefficient (Wildman–Crippen LogP) is 3.03. The second-order valence-electron chi connectivity index (χ2n) is 7.69. The number of hydrogen-bond donors (Lipinski definition) is 1. The van der Waals surface area contributed by atoms with Crippen molar-refractivity contribution in [3.63, 3.8) is 0 Å². The minimum absolute atomic E-state index is 0.392. The van der Waals surface area contributed by atoms with Gasteiger partial charge in [0.2, 0.25) is 0 Å². The molecular weight excluding hydrogens is 358 g/mol. The fourth-order valence-corrected chi connectivity index (χ4v) is 2.83. The summed E-state index contributed by atoms with van der Waals surface area (Å²) in [5.74, 6) is 0. The van der Waals surface area contributed by atoms with Crippen molar-refractivity contribution in [1.29, 1.82) is 0 Å². The summed E-state index contributed by atoms with van der Waals surface area (Å²) in [5.41, 5.74) is 1.88. The van der Waals surface area contributed by atoms with Crippen LogP contribution in [0.2, 0.25) is 0 Å². The lowest BCUT2D eigenvalue weighted by molar-refractivity contribution is 0.0508. The van der Waals surface area contributed by atoms with Crippen LogP contribution in [0.15, 0.2) is 41.6 Å². The number of rotatable bonds is 5. The Morgan fingerprint density at radius 1 is 1.32 bits per heavy atom. The zero-order valence-electron chi connectivity index (χ0n) is 16.6. The van der Waals surface area contributed by atoms with Gasteiger partial charge in [0.25, 0.3) is 0 Å². The van der Waals surface area contributed by atoms with Crippen LogP contribution in [0, 0.1) is 6.92 Å². The predicted molar refractivity (Wildman–Crippen MR) is 107 cm³/mol. The number of aromatic nitrogens is 4. The van der Waals surface area contributed by atoms with E-state index in [-0.39, 0.29) is 0 Å². The summed E-state index contributed by atoms with van der Waals surface area (Å²) in [6.07, 6.45) is 6.26. The van der Waals surface area contributed by atoms with E-state index in [4.69, 9.17) is 4.74 Å². The second kappa shape index (κ2) is 7.84. The Morgan fingerprint density at radius 3 is 2.79 bits per heavy atom. The van der Waals surface area contributed by atoms with Crippen LogP contribution in [0.3, 0.4) is 0 Å². The summed E-state index contributed by atoms with van der Waals surface area (Å²) in [4.78, 5) is 29.0. The zero-order valence-corrected chi connectivity index (χ0v) is 16.6. The van der Waals surface area contributed by atoms with E-state index in [2.05, 4.69) is 15.4 Å². The smallest absolute Gasteiger partial charge is 0.439 e. The Labute approximate surface area is 163 Å². The number of carbonyl (C=O) groups is 1. The fourth-order valence-electron chi connectivity index (χ4n) is 2.83. The van der Waals surface area contributed by atoms with E-state index >= 15 is 0 Å². The van der Waals surface area contributed by atoms with Crippen molar-refractivity contribution in [3.05, 3.63) is 58.4 Å². The van der Waals surface area contributed by atoms with Crippen LogP contribution in [0.5, 0.6) is 0 Å². The van der Waals surface area contributed by atoms with Gasteiger partial charge >= 0.3 is 11.8 Å². The van der Waals surface area contributed by atoms with Crippen LogP contribution in [0.1, 0.15) is 38.3 Å². The maximum Gasteiger partial charge on any atom is 0.439 e. The standard InChI is InChI=1S/C20H25N5O3/c1-14-11-16(22-10-6-8-15-7-5-9-21-12-15)17-23-25(18(26)24(17)13-14)19(27)28-20(2,3)4/h5,7,9,11-13,22H,6,8,10H2,1-4H3. The molecule has 0 aliphatic rings. The molecule has 8 nitrogen and oxygen atoms in total. The molecule has 0 amide bonds. The van der Waals surface area contributed by atoms with Crippen molar-refractivity contribution < 1.29 is 9.53 Å². The van der Waals surface area contributed by atoms with Gasteiger partial charge in [-0.25, -0.2) is 14.0 Å². The van der Waals surface area contributed by atoms with E-state index in [0.717, 1.165) is 23.1 Å². The molecule has 0 radical (unpaired) electrons. The monoisotopic (exact) mass is 383 g/mol. The maximum atomic E-state index is 12.6. The largest absolute Gasteiger partial charge is 0.442 e. The molecular formula is C20H25N5O3. The van der Waals surface area contributed by atoms with Gasteiger partial charge in [0.05, 0.1) is 5.69 Å². The number of carbonyl (C=O) groups excluding carboxylic acids is 1. The van der Waals surface area contributed by atoms with Crippen molar-refractivity contribution in [2.75, 3.05) is 11.9 Å². The third-order valence-electron chi connectivity index (χ3n) is 4.00. The third-order valence-corrected chi connectivity index (χ3v) is 4.00. The molecule has 0 unspecified atom stereocenters. The van der Waals surface area contributed by atoms with E-state index in [1.807, 2.05) is 31.3 Å². The summed E-state index contributed by atoms with van der Waals surface area (Å²) < 4.78 is 7.40. The molecule has 0 saturated carbocycles. The molecule has 0 saturated heterocycles. The van der Waals surface area contributed by atoms with Crippen LogP contribution < -0.4 is 11.0 Å². The van der Waals surface area contributed by atoms with E-state index < -0.39 is 17.4 Å². The molecule has 0 atom stereocenters. The molecule has 3 aromatic rings. The normalized spacial score (nSPS) is 11.6. The minimum atomic E-state index is -0.790. The average molecular weight is 383 g/mol. The van der Waals surface area contributed by atoms with Gasteiger partial charge in [0.15, 0.2) is 5.65 Å². The number of nitrogens with one attached hydrogen (secondary N) is 1. The lowest BCUT2D eigenvalue weighted by atomic mass is 10.1. The number of pyridine rings is 2. The third kappa shape index (κ3) is 4.57. The van der Waals surface area contributed by atoms with Crippen LogP contribution in [-0.2, 0) is 11.2 Å². The molecule has 0 aliphatic carbocycles. The molecule has 0 aliphatic heterocycles. The summed E-state index contributed by atoms with van der Waals surface area (Å²) in [5, 5.41) is 7.51. The molecule has 0 bridgehead atoms. The zero-order chi connectivity index (χ0) is 20.3. The molecule has 0 fully saturated rings. The molecule has 148 valence electrons. The molecule has 28 heavy (non-hydrogen) atoms. The fraction of sp³-hybridized carbons (Fsp3) is 0.400. The van der Waals surface area contributed by atoms with Crippen molar-refractivity contribution in [2.24, 2.45) is 0 Å². The highest BCUT2D eigenvalue weighted by Gasteiger charge is 2.22. The van der Waals surface area contributed by atoms with Gasteiger partial charge in [-0.3, -0.25) is 4.98 Å². The minimum Gasteiger partial charge on any atom is -0.442 e. The van der Waals surface area contributed by atoms with Gasteiger partial charge in [-0.15, -0.1) is 9.78 Å². The Hall–Kier alpha value is -3.16. The van der Waals surface area contributed by atoms with E-state index in [1.54, 1.807) is 33.2 Å². The summed E-state index contributed by atoms with van der Waals surface area (Å²) in [6.45, 7) is 7.81. The molecule has 3 aromatic heterocycles. The van der Waals surface area contributed by atoms with Gasteiger partial charge in [-0.05, 0) is 63.8 Å². The Kier molecular flexibility index (Phi) is 5.48. The Balaban J connectivity index is 1.79. The van der Waals surface area contributed by atoms with Gasteiger partial charge in [0, 0.05) is 25.1 Å². The van der Waals surface area contributed by atoms with Crippen molar-refractivity contribution in [2.45, 2.75) is 46.1 Å². The molecule has 0 aromatic carbocycles. The first-order valence-electron chi connectivity index (χ1n) is 9.23. The van der Waals surface area contributed by atoms with E-state index in [9.17, 15) is 9.59 Å². The van der Waals surface area contributed by atoms with Gasteiger partial charge in [0.1, 0.15) is 5.60 Å². The number of hydrogen-bond acceptors (Lipinski definition) is 6. The highest BCUT2D eigenvalue weighted by molar-refractivity contribution is 5.73. The maximum absolute atomic E-state index is 12.6. The molecule has 3 heterocycles. The first-order chi connectivity index (χ1) is 13.2. The number of ether oxygens (including phenoxy) is 1. The first kappa shape index (κ1) is 19.6. The second-order valence-corrected chi connectivity index (χ2v) is 7.69. The first-order valence-corrected chi connectivity index (χ1v) is 9.23. The summed E-state index contributed by atoms with van der Waals surface area (Å²) in [7, 11) is 0. The van der Waals surface area contributed by atoms with Crippen LogP contribution in [0.4, 0.5) is 10.5 Å². The van der Waals surface area contributed by atoms with Crippen LogP contribution in [0.25, 0.3) is 5.65 Å². The average Bonchev–Trinajstić information content (AvgIpc) is 2.95. The number of aryl methyl sites for hydroxylation is 2.